The predicted molar refractivity (Wildman–Crippen MR) is 92.6 cm³/mol. The fraction of sp³-hybridized carbons (Fsp3) is 0.632. The van der Waals surface area contributed by atoms with E-state index in [4.69, 9.17) is 9.47 Å². The molecule has 0 radical (unpaired) electrons. The van der Waals surface area contributed by atoms with Crippen molar-refractivity contribution in [3.8, 4) is 11.5 Å². The Morgan fingerprint density at radius 2 is 2.04 bits per heavy atom. The summed E-state index contributed by atoms with van der Waals surface area (Å²) in [6.07, 6.45) is 3.08. The van der Waals surface area contributed by atoms with Crippen molar-refractivity contribution < 1.29 is 14.3 Å². The van der Waals surface area contributed by atoms with Gasteiger partial charge >= 0.3 is 0 Å². The highest BCUT2D eigenvalue weighted by Gasteiger charge is 2.19. The lowest BCUT2D eigenvalue weighted by atomic mass is 9.99. The largest absolute Gasteiger partial charge is 0.494 e. The molecule has 1 heterocycles. The first-order valence-corrected chi connectivity index (χ1v) is 8.79. The van der Waals surface area contributed by atoms with Gasteiger partial charge in [-0.2, -0.15) is 0 Å². The first kappa shape index (κ1) is 17.8. The molecule has 1 atom stereocenters. The lowest BCUT2D eigenvalue weighted by Gasteiger charge is -2.30. The van der Waals surface area contributed by atoms with Gasteiger partial charge in [0, 0.05) is 25.6 Å². The van der Waals surface area contributed by atoms with E-state index in [-0.39, 0.29) is 5.78 Å². The summed E-state index contributed by atoms with van der Waals surface area (Å²) in [5, 5.41) is 0. The summed E-state index contributed by atoms with van der Waals surface area (Å²) < 4.78 is 11.1. The fourth-order valence-electron chi connectivity index (χ4n) is 3.15. The molecule has 4 nitrogen and oxygen atoms in total. The fourth-order valence-corrected chi connectivity index (χ4v) is 3.15. The zero-order valence-electron chi connectivity index (χ0n) is 14.6. The predicted octanol–water partition coefficient (Wildman–Crippen LogP) is 3.79. The number of carbonyl (C=O) groups excluding carboxylic acids is 1. The summed E-state index contributed by atoms with van der Waals surface area (Å²) in [4.78, 5) is 15.0. The van der Waals surface area contributed by atoms with Gasteiger partial charge in [0.1, 0.15) is 11.5 Å². The lowest BCUT2D eigenvalue weighted by Crippen LogP contribution is -2.35. The van der Waals surface area contributed by atoms with Crippen molar-refractivity contribution in [1.29, 1.82) is 0 Å². The monoisotopic (exact) mass is 319 g/mol. The van der Waals surface area contributed by atoms with E-state index in [1.807, 2.05) is 32.0 Å². The van der Waals surface area contributed by atoms with Gasteiger partial charge in [0.2, 0.25) is 0 Å². The maximum atomic E-state index is 12.6. The molecule has 1 aliphatic rings. The summed E-state index contributed by atoms with van der Waals surface area (Å²) in [6.45, 7) is 10.4. The summed E-state index contributed by atoms with van der Waals surface area (Å²) in [5.74, 6) is 2.27. The molecule has 1 fully saturated rings. The standard InChI is InChI=1S/C19H29NO3/c1-4-22-16-8-9-17(19(13-16)23-5-2)18(21)10-12-20-11-6-7-15(3)14-20/h8-9,13,15H,4-7,10-12,14H2,1-3H3. The summed E-state index contributed by atoms with van der Waals surface area (Å²) in [7, 11) is 0. The highest BCUT2D eigenvalue weighted by Crippen LogP contribution is 2.26. The average molecular weight is 319 g/mol. The second-order valence-electron chi connectivity index (χ2n) is 6.25. The van der Waals surface area contributed by atoms with Gasteiger partial charge in [-0.3, -0.25) is 4.79 Å². The minimum Gasteiger partial charge on any atom is -0.494 e. The van der Waals surface area contributed by atoms with E-state index in [1.54, 1.807) is 0 Å². The highest BCUT2D eigenvalue weighted by molar-refractivity contribution is 5.99. The molecule has 128 valence electrons. The Bertz CT molecular complexity index is 515. The number of rotatable bonds is 8. The number of ether oxygens (including phenoxy) is 2. The van der Waals surface area contributed by atoms with Gasteiger partial charge in [-0.1, -0.05) is 6.92 Å². The number of hydrogen-bond acceptors (Lipinski definition) is 4. The molecule has 0 aromatic heterocycles. The SMILES string of the molecule is CCOc1ccc(C(=O)CCN2CCCC(C)C2)c(OCC)c1. The molecule has 0 amide bonds. The van der Waals surface area contributed by atoms with Crippen molar-refractivity contribution in [3.63, 3.8) is 0 Å². The van der Waals surface area contributed by atoms with E-state index in [2.05, 4.69) is 11.8 Å². The molecule has 1 aromatic rings. The number of nitrogens with zero attached hydrogens (tertiary/aromatic N) is 1. The van der Waals surface area contributed by atoms with E-state index in [9.17, 15) is 4.79 Å². The normalized spacial score (nSPS) is 18.7. The smallest absolute Gasteiger partial charge is 0.167 e. The first-order chi connectivity index (χ1) is 11.1. The molecular formula is C19H29NO3. The molecule has 2 rings (SSSR count). The van der Waals surface area contributed by atoms with Gasteiger partial charge in [-0.05, 0) is 51.3 Å². The van der Waals surface area contributed by atoms with Gasteiger partial charge in [-0.25, -0.2) is 0 Å². The number of Topliss-reactive ketones (excluding diaryl/α,β-unsaturated/α-hetero) is 1. The van der Waals surface area contributed by atoms with Crippen molar-refractivity contribution in [3.05, 3.63) is 23.8 Å². The van der Waals surface area contributed by atoms with Crippen molar-refractivity contribution >= 4 is 5.78 Å². The molecule has 4 heteroatoms. The van der Waals surface area contributed by atoms with E-state index >= 15 is 0 Å². The second-order valence-corrected chi connectivity index (χ2v) is 6.25. The molecular weight excluding hydrogens is 290 g/mol. The number of benzene rings is 1. The Balaban J connectivity index is 1.99. The van der Waals surface area contributed by atoms with Crippen molar-refractivity contribution in [1.82, 2.24) is 4.90 Å². The topological polar surface area (TPSA) is 38.8 Å². The van der Waals surface area contributed by atoms with Crippen LogP contribution in [-0.4, -0.2) is 43.5 Å². The molecule has 0 N–H and O–H groups in total. The number of carbonyl (C=O) groups is 1. The van der Waals surface area contributed by atoms with Crippen LogP contribution in [0.4, 0.5) is 0 Å². The molecule has 1 aromatic carbocycles. The van der Waals surface area contributed by atoms with Gasteiger partial charge in [-0.15, -0.1) is 0 Å². The first-order valence-electron chi connectivity index (χ1n) is 8.79. The van der Waals surface area contributed by atoms with Crippen LogP contribution >= 0.6 is 0 Å². The van der Waals surface area contributed by atoms with E-state index in [1.165, 1.54) is 12.8 Å². The van der Waals surface area contributed by atoms with E-state index in [0.717, 1.165) is 31.3 Å². The highest BCUT2D eigenvalue weighted by atomic mass is 16.5. The second kappa shape index (κ2) is 8.92. The van der Waals surface area contributed by atoms with E-state index in [0.29, 0.717) is 30.9 Å². The van der Waals surface area contributed by atoms with Crippen LogP contribution in [0.3, 0.4) is 0 Å². The van der Waals surface area contributed by atoms with Gasteiger partial charge in [0.15, 0.2) is 5.78 Å². The zero-order chi connectivity index (χ0) is 16.7. The van der Waals surface area contributed by atoms with Crippen molar-refractivity contribution in [2.45, 2.75) is 40.0 Å². The molecule has 0 bridgehead atoms. The minimum atomic E-state index is 0.148. The van der Waals surface area contributed by atoms with Gasteiger partial charge < -0.3 is 14.4 Å². The maximum absolute atomic E-state index is 12.6. The summed E-state index contributed by atoms with van der Waals surface area (Å²) >= 11 is 0. The molecule has 0 saturated carbocycles. The number of piperidine rings is 1. The average Bonchev–Trinajstić information content (AvgIpc) is 2.54. The van der Waals surface area contributed by atoms with Crippen molar-refractivity contribution in [2.75, 3.05) is 32.8 Å². The van der Waals surface area contributed by atoms with Crippen LogP contribution in [0, 0.1) is 5.92 Å². The van der Waals surface area contributed by atoms with Crippen LogP contribution in [-0.2, 0) is 0 Å². The Morgan fingerprint density at radius 1 is 1.26 bits per heavy atom. The Labute approximate surface area is 139 Å². The molecule has 1 saturated heterocycles. The number of hydrogen-bond donors (Lipinski definition) is 0. The van der Waals surface area contributed by atoms with Gasteiger partial charge in [0.05, 0.1) is 18.8 Å². The third kappa shape index (κ3) is 5.24. The Morgan fingerprint density at radius 3 is 2.74 bits per heavy atom. The lowest BCUT2D eigenvalue weighted by molar-refractivity contribution is 0.0945. The third-order valence-electron chi connectivity index (χ3n) is 4.26. The maximum Gasteiger partial charge on any atom is 0.167 e. The number of likely N-dealkylation sites (tertiary alicyclic amines) is 1. The van der Waals surface area contributed by atoms with Crippen LogP contribution in [0.15, 0.2) is 18.2 Å². The molecule has 23 heavy (non-hydrogen) atoms. The third-order valence-corrected chi connectivity index (χ3v) is 4.26. The van der Waals surface area contributed by atoms with Crippen LogP contribution in [0.1, 0.15) is 50.4 Å². The summed E-state index contributed by atoms with van der Waals surface area (Å²) in [5.41, 5.74) is 0.667. The van der Waals surface area contributed by atoms with Crippen LogP contribution in [0.2, 0.25) is 0 Å². The Kier molecular flexibility index (Phi) is 6.90. The van der Waals surface area contributed by atoms with Crippen molar-refractivity contribution in [2.24, 2.45) is 5.92 Å². The molecule has 0 aliphatic carbocycles. The van der Waals surface area contributed by atoms with Crippen LogP contribution < -0.4 is 9.47 Å². The quantitative estimate of drug-likeness (QED) is 0.683. The zero-order valence-corrected chi connectivity index (χ0v) is 14.6. The minimum absolute atomic E-state index is 0.148. The molecule has 0 spiro atoms. The Hall–Kier alpha value is -1.55. The van der Waals surface area contributed by atoms with E-state index < -0.39 is 0 Å². The summed E-state index contributed by atoms with van der Waals surface area (Å²) in [6, 6.07) is 5.50. The van der Waals surface area contributed by atoms with Crippen LogP contribution in [0.25, 0.3) is 0 Å². The molecule has 1 unspecified atom stereocenters. The number of ketones is 1. The molecule has 1 aliphatic heterocycles. The van der Waals surface area contributed by atoms with Gasteiger partial charge in [0.25, 0.3) is 0 Å². The van der Waals surface area contributed by atoms with Crippen LogP contribution in [0.5, 0.6) is 11.5 Å².